The Bertz CT molecular complexity index is 3210. The molecular formula is C52H33NS. The summed E-state index contributed by atoms with van der Waals surface area (Å²) in [7, 11) is 0. The van der Waals surface area contributed by atoms with E-state index < -0.39 is 0 Å². The van der Waals surface area contributed by atoms with Crippen LogP contribution >= 0.6 is 11.3 Å². The molecule has 0 saturated carbocycles. The molecule has 0 radical (unpaired) electrons. The zero-order valence-electron chi connectivity index (χ0n) is 29.4. The van der Waals surface area contributed by atoms with E-state index in [-0.39, 0.29) is 0 Å². The van der Waals surface area contributed by atoms with Crippen LogP contribution in [0.25, 0.3) is 85.5 Å². The van der Waals surface area contributed by atoms with Crippen molar-refractivity contribution in [1.29, 1.82) is 0 Å². The van der Waals surface area contributed by atoms with Gasteiger partial charge >= 0.3 is 0 Å². The Morgan fingerprint density at radius 2 is 0.889 bits per heavy atom. The van der Waals surface area contributed by atoms with Crippen molar-refractivity contribution in [1.82, 2.24) is 0 Å². The molecule has 10 aromatic carbocycles. The van der Waals surface area contributed by atoms with Gasteiger partial charge in [0, 0.05) is 42.3 Å². The summed E-state index contributed by atoms with van der Waals surface area (Å²) >= 11 is 1.89. The first kappa shape index (κ1) is 30.8. The van der Waals surface area contributed by atoms with E-state index in [0.29, 0.717) is 0 Å². The molecule has 0 spiro atoms. The van der Waals surface area contributed by atoms with Crippen molar-refractivity contribution in [3.63, 3.8) is 0 Å². The Hall–Kier alpha value is -6.74. The zero-order valence-corrected chi connectivity index (χ0v) is 30.2. The van der Waals surface area contributed by atoms with E-state index in [1.54, 1.807) is 0 Å². The van der Waals surface area contributed by atoms with Crippen LogP contribution in [0.1, 0.15) is 0 Å². The molecule has 1 nitrogen and oxygen atoms in total. The molecule has 54 heavy (non-hydrogen) atoms. The molecule has 0 unspecified atom stereocenters. The maximum absolute atomic E-state index is 2.47. The second-order valence-corrected chi connectivity index (χ2v) is 15.1. The van der Waals surface area contributed by atoms with Crippen molar-refractivity contribution in [3.05, 3.63) is 200 Å². The van der Waals surface area contributed by atoms with Crippen LogP contribution < -0.4 is 4.90 Å². The van der Waals surface area contributed by atoms with Crippen LogP contribution in [0.5, 0.6) is 0 Å². The quantitative estimate of drug-likeness (QED) is 0.161. The molecule has 0 bridgehead atoms. The normalized spacial score (nSPS) is 11.7. The molecule has 0 aliphatic heterocycles. The highest BCUT2D eigenvalue weighted by Gasteiger charge is 2.21. The van der Waals surface area contributed by atoms with Crippen LogP contribution in [-0.2, 0) is 0 Å². The van der Waals surface area contributed by atoms with E-state index in [1.807, 2.05) is 11.3 Å². The largest absolute Gasteiger partial charge is 0.310 e. The standard InChI is InChI=1S/C52H33NS/c1-2-13-34(14-3-1)35-25-27-38(28-26-35)53(50-23-12-22-46-44(50)29-30-47-45-21-10-11-24-51(45)54-52(46)47)39-31-36-15-4-7-18-41(36)49(33-39)48-32-37-16-5-6-17-40(37)42-19-8-9-20-43(42)48/h1-33H. The van der Waals surface area contributed by atoms with Gasteiger partial charge in [0.2, 0.25) is 0 Å². The minimum Gasteiger partial charge on any atom is -0.310 e. The summed E-state index contributed by atoms with van der Waals surface area (Å²) in [6, 6.07) is 73.6. The van der Waals surface area contributed by atoms with Gasteiger partial charge in [0.05, 0.1) is 5.69 Å². The molecule has 0 saturated heterocycles. The molecular weight excluding hydrogens is 671 g/mol. The molecule has 0 aliphatic carbocycles. The van der Waals surface area contributed by atoms with Crippen molar-refractivity contribution in [2.45, 2.75) is 0 Å². The van der Waals surface area contributed by atoms with Crippen LogP contribution in [-0.4, -0.2) is 0 Å². The molecule has 2 heteroatoms. The first-order valence-electron chi connectivity index (χ1n) is 18.5. The van der Waals surface area contributed by atoms with Crippen LogP contribution in [0.3, 0.4) is 0 Å². The SMILES string of the molecule is c1ccc(-c2ccc(N(c3cc(-c4cc5ccccc5c5ccccc45)c4ccccc4c3)c3cccc4c3ccc3c5ccccc5sc43)cc2)cc1. The van der Waals surface area contributed by atoms with Gasteiger partial charge in [-0.1, -0.05) is 158 Å². The van der Waals surface area contributed by atoms with Crippen molar-refractivity contribution in [2.24, 2.45) is 0 Å². The summed E-state index contributed by atoms with van der Waals surface area (Å²) in [6.07, 6.45) is 0. The third-order valence-electron chi connectivity index (χ3n) is 11.0. The third kappa shape index (κ3) is 4.92. The minimum atomic E-state index is 1.11. The van der Waals surface area contributed by atoms with Gasteiger partial charge in [0.25, 0.3) is 0 Å². The number of rotatable bonds is 5. The average Bonchev–Trinajstić information content (AvgIpc) is 3.63. The molecule has 0 amide bonds. The smallest absolute Gasteiger partial charge is 0.0540 e. The molecule has 1 aromatic heterocycles. The second kappa shape index (κ2) is 12.4. The lowest BCUT2D eigenvalue weighted by Crippen LogP contribution is -2.11. The lowest BCUT2D eigenvalue weighted by Gasteiger charge is -2.28. The van der Waals surface area contributed by atoms with Gasteiger partial charge in [-0.3, -0.25) is 0 Å². The van der Waals surface area contributed by atoms with Gasteiger partial charge in [-0.2, -0.15) is 0 Å². The van der Waals surface area contributed by atoms with E-state index in [4.69, 9.17) is 0 Å². The van der Waals surface area contributed by atoms with E-state index in [1.165, 1.54) is 85.5 Å². The Labute approximate surface area is 317 Å². The van der Waals surface area contributed by atoms with Gasteiger partial charge in [-0.15, -0.1) is 11.3 Å². The van der Waals surface area contributed by atoms with Gasteiger partial charge in [-0.05, 0) is 97.0 Å². The fourth-order valence-corrected chi connectivity index (χ4v) is 9.73. The molecule has 11 rings (SSSR count). The summed E-state index contributed by atoms with van der Waals surface area (Å²) in [4.78, 5) is 2.47. The molecule has 252 valence electrons. The zero-order chi connectivity index (χ0) is 35.6. The van der Waals surface area contributed by atoms with Crippen molar-refractivity contribution in [2.75, 3.05) is 4.90 Å². The highest BCUT2D eigenvalue weighted by atomic mass is 32.1. The fraction of sp³-hybridized carbons (Fsp3) is 0. The van der Waals surface area contributed by atoms with Crippen LogP contribution in [0.4, 0.5) is 17.1 Å². The summed E-state index contributed by atoms with van der Waals surface area (Å²) in [5.41, 5.74) is 8.27. The van der Waals surface area contributed by atoms with Crippen molar-refractivity contribution < 1.29 is 0 Å². The monoisotopic (exact) mass is 703 g/mol. The summed E-state index contributed by atoms with van der Waals surface area (Å²) in [6.45, 7) is 0. The molecule has 0 atom stereocenters. The Morgan fingerprint density at radius 1 is 0.315 bits per heavy atom. The Balaban J connectivity index is 1.20. The van der Waals surface area contributed by atoms with E-state index in [2.05, 4.69) is 205 Å². The van der Waals surface area contributed by atoms with E-state index in [0.717, 1.165) is 17.1 Å². The Morgan fingerprint density at radius 3 is 1.70 bits per heavy atom. The predicted molar refractivity (Wildman–Crippen MR) is 235 cm³/mol. The molecule has 0 N–H and O–H groups in total. The van der Waals surface area contributed by atoms with Gasteiger partial charge in [0.15, 0.2) is 0 Å². The van der Waals surface area contributed by atoms with Gasteiger partial charge < -0.3 is 4.90 Å². The van der Waals surface area contributed by atoms with Gasteiger partial charge in [0.1, 0.15) is 0 Å². The lowest BCUT2D eigenvalue weighted by atomic mass is 9.90. The number of benzene rings is 10. The molecule has 11 aromatic rings. The first-order valence-corrected chi connectivity index (χ1v) is 19.3. The lowest BCUT2D eigenvalue weighted by molar-refractivity contribution is 1.30. The summed E-state index contributed by atoms with van der Waals surface area (Å²) in [5, 5.41) is 12.6. The number of fused-ring (bicyclic) bond motifs is 9. The van der Waals surface area contributed by atoms with Gasteiger partial charge in [-0.25, -0.2) is 0 Å². The predicted octanol–water partition coefficient (Wildman–Crippen LogP) is 15.5. The van der Waals surface area contributed by atoms with E-state index >= 15 is 0 Å². The average molecular weight is 704 g/mol. The minimum absolute atomic E-state index is 1.11. The molecule has 0 fully saturated rings. The molecule has 0 aliphatic rings. The highest BCUT2D eigenvalue weighted by molar-refractivity contribution is 7.26. The fourth-order valence-electron chi connectivity index (χ4n) is 8.50. The third-order valence-corrected chi connectivity index (χ3v) is 12.2. The second-order valence-electron chi connectivity index (χ2n) is 14.1. The number of anilines is 3. The van der Waals surface area contributed by atoms with E-state index in [9.17, 15) is 0 Å². The number of thiophene rings is 1. The number of hydrogen-bond donors (Lipinski definition) is 0. The summed E-state index contributed by atoms with van der Waals surface area (Å²) < 4.78 is 2.65. The maximum Gasteiger partial charge on any atom is 0.0540 e. The number of nitrogens with zero attached hydrogens (tertiary/aromatic N) is 1. The highest BCUT2D eigenvalue weighted by Crippen LogP contribution is 2.47. The first-order chi connectivity index (χ1) is 26.8. The van der Waals surface area contributed by atoms with Crippen molar-refractivity contribution in [3.8, 4) is 22.3 Å². The number of hydrogen-bond acceptors (Lipinski definition) is 2. The van der Waals surface area contributed by atoms with Crippen molar-refractivity contribution >= 4 is 91.7 Å². The Kier molecular flexibility index (Phi) is 7.11. The van der Waals surface area contributed by atoms with Crippen LogP contribution in [0.15, 0.2) is 200 Å². The molecule has 1 heterocycles. The maximum atomic E-state index is 2.47. The van der Waals surface area contributed by atoms with Crippen LogP contribution in [0, 0.1) is 0 Å². The van der Waals surface area contributed by atoms with Crippen LogP contribution in [0.2, 0.25) is 0 Å². The summed E-state index contributed by atoms with van der Waals surface area (Å²) in [5.74, 6) is 0. The topological polar surface area (TPSA) is 3.24 Å².